The van der Waals surface area contributed by atoms with Crippen molar-refractivity contribution in [2.45, 2.75) is 13.8 Å². The first-order valence-corrected chi connectivity index (χ1v) is 5.44. The Morgan fingerprint density at radius 3 is 2.93 bits per heavy atom. The first kappa shape index (κ1) is 11.1. The second-order valence-corrected chi connectivity index (χ2v) is 3.70. The number of methoxy groups -OCH3 is 1. The fourth-order valence-electron chi connectivity index (χ4n) is 1.08. The van der Waals surface area contributed by atoms with Gasteiger partial charge in [0.25, 0.3) is 0 Å². The number of ether oxygens (including phenoxy) is 1. The molecule has 0 N–H and O–H groups in total. The molecule has 0 aliphatic carbocycles. The summed E-state index contributed by atoms with van der Waals surface area (Å²) in [6.07, 6.45) is 1.97. The second kappa shape index (κ2) is 5.73. The van der Waals surface area contributed by atoms with Crippen molar-refractivity contribution in [3.8, 4) is 0 Å². The third kappa shape index (κ3) is 3.09. The third-order valence-electron chi connectivity index (χ3n) is 1.88. The van der Waals surface area contributed by atoms with Gasteiger partial charge in [-0.1, -0.05) is 6.08 Å². The summed E-state index contributed by atoms with van der Waals surface area (Å²) in [6, 6.07) is 2.07. The van der Waals surface area contributed by atoms with Crippen LogP contribution in [0.2, 0.25) is 0 Å². The summed E-state index contributed by atoms with van der Waals surface area (Å²) in [6.45, 7) is 4.55. The van der Waals surface area contributed by atoms with Gasteiger partial charge in [-0.3, -0.25) is 4.99 Å². The Morgan fingerprint density at radius 1 is 1.64 bits per heavy atom. The molecule has 0 fully saturated rings. The fourth-order valence-corrected chi connectivity index (χ4v) is 1.78. The summed E-state index contributed by atoms with van der Waals surface area (Å²) in [5.74, 6) is 0. The predicted molar refractivity (Wildman–Crippen MR) is 62.2 cm³/mol. The van der Waals surface area contributed by atoms with Crippen LogP contribution >= 0.6 is 11.3 Å². The zero-order chi connectivity index (χ0) is 10.4. The average Bonchev–Trinajstić information content (AvgIpc) is 2.69. The summed E-state index contributed by atoms with van der Waals surface area (Å²) in [5.41, 5.74) is 3.19. The summed E-state index contributed by atoms with van der Waals surface area (Å²) >= 11 is 1.68. The summed E-state index contributed by atoms with van der Waals surface area (Å²) < 4.78 is 5.04. The molecule has 1 aromatic heterocycles. The second-order valence-electron chi connectivity index (χ2n) is 2.92. The van der Waals surface area contributed by atoms with Crippen LogP contribution in [0.25, 0.3) is 0 Å². The van der Waals surface area contributed by atoms with Crippen molar-refractivity contribution in [2.24, 2.45) is 4.99 Å². The van der Waals surface area contributed by atoms with Crippen LogP contribution < -0.4 is 0 Å². The van der Waals surface area contributed by atoms with Crippen LogP contribution in [0.15, 0.2) is 33.6 Å². The molecule has 0 spiro atoms. The minimum Gasteiger partial charge on any atom is -0.378 e. The van der Waals surface area contributed by atoms with Crippen molar-refractivity contribution in [2.75, 3.05) is 13.7 Å². The highest BCUT2D eigenvalue weighted by Gasteiger charge is 1.98. The molecular weight excluding hydrogens is 194 g/mol. The van der Waals surface area contributed by atoms with Crippen LogP contribution in [0.1, 0.15) is 19.4 Å². The van der Waals surface area contributed by atoms with Crippen LogP contribution in [0, 0.1) is 0 Å². The van der Waals surface area contributed by atoms with Gasteiger partial charge in [0.05, 0.1) is 12.3 Å². The Kier molecular flexibility index (Phi) is 4.56. The number of rotatable bonds is 4. The molecular formula is C11H15NOS. The Balaban J connectivity index is 2.77. The van der Waals surface area contributed by atoms with Crippen molar-refractivity contribution < 1.29 is 4.74 Å². The van der Waals surface area contributed by atoms with Gasteiger partial charge in [-0.05, 0) is 30.7 Å². The maximum Gasteiger partial charge on any atom is 0.0880 e. The maximum atomic E-state index is 5.04. The lowest BCUT2D eigenvalue weighted by Crippen LogP contribution is -1.97. The summed E-state index contributed by atoms with van der Waals surface area (Å²) in [4.78, 5) is 4.49. The molecule has 0 aliphatic rings. The quantitative estimate of drug-likeness (QED) is 0.698. The number of hydrogen-bond donors (Lipinski definition) is 0. The first-order chi connectivity index (χ1) is 6.77. The molecule has 0 atom stereocenters. The minimum atomic E-state index is 0.567. The zero-order valence-corrected chi connectivity index (χ0v) is 9.60. The molecule has 0 bridgehead atoms. The van der Waals surface area contributed by atoms with E-state index in [1.165, 1.54) is 5.56 Å². The lowest BCUT2D eigenvalue weighted by molar-refractivity contribution is 0.225. The fraction of sp³-hybridized carbons (Fsp3) is 0.364. The Labute approximate surface area is 88.9 Å². The lowest BCUT2D eigenvalue weighted by atomic mass is 10.2. The van der Waals surface area contributed by atoms with Gasteiger partial charge >= 0.3 is 0 Å². The molecule has 0 radical (unpaired) electrons. The molecule has 76 valence electrons. The number of hydrogen-bond acceptors (Lipinski definition) is 3. The average molecular weight is 209 g/mol. The van der Waals surface area contributed by atoms with Crippen molar-refractivity contribution in [3.63, 3.8) is 0 Å². The molecule has 1 rings (SSSR count). The smallest absolute Gasteiger partial charge is 0.0880 e. The van der Waals surface area contributed by atoms with Crippen molar-refractivity contribution in [3.05, 3.63) is 34.2 Å². The van der Waals surface area contributed by atoms with Gasteiger partial charge in [0.15, 0.2) is 0 Å². The number of allylic oxidation sites excluding steroid dienone is 1. The molecule has 1 aromatic rings. The van der Waals surface area contributed by atoms with Gasteiger partial charge in [-0.15, -0.1) is 0 Å². The molecule has 1 heterocycles. The Bertz CT molecular complexity index is 325. The predicted octanol–water partition coefficient (Wildman–Crippen LogP) is 3.11. The van der Waals surface area contributed by atoms with Gasteiger partial charge < -0.3 is 4.74 Å². The van der Waals surface area contributed by atoms with Crippen LogP contribution in [-0.2, 0) is 4.74 Å². The highest BCUT2D eigenvalue weighted by Crippen LogP contribution is 2.09. The molecule has 0 unspecified atom stereocenters. The van der Waals surface area contributed by atoms with E-state index in [4.69, 9.17) is 4.74 Å². The highest BCUT2D eigenvalue weighted by atomic mass is 32.1. The van der Waals surface area contributed by atoms with Crippen LogP contribution in [0.3, 0.4) is 0 Å². The van der Waals surface area contributed by atoms with Gasteiger partial charge in [-0.25, -0.2) is 0 Å². The monoisotopic (exact) mass is 209 g/mol. The molecule has 0 aliphatic heterocycles. The van der Waals surface area contributed by atoms with E-state index in [2.05, 4.69) is 21.8 Å². The van der Waals surface area contributed by atoms with E-state index in [0.29, 0.717) is 6.61 Å². The number of aliphatic imine (C=N–C) groups is 1. The van der Waals surface area contributed by atoms with Gasteiger partial charge in [-0.2, -0.15) is 11.3 Å². The first-order valence-electron chi connectivity index (χ1n) is 4.50. The van der Waals surface area contributed by atoms with Crippen LogP contribution in [0.5, 0.6) is 0 Å². The highest BCUT2D eigenvalue weighted by molar-refractivity contribution is 7.08. The van der Waals surface area contributed by atoms with E-state index >= 15 is 0 Å². The molecule has 0 amide bonds. The van der Waals surface area contributed by atoms with Crippen molar-refractivity contribution in [1.82, 2.24) is 0 Å². The molecule has 0 saturated carbocycles. The van der Waals surface area contributed by atoms with E-state index in [1.807, 2.05) is 19.9 Å². The standard InChI is InChI=1S/C11H15NOS/c1-4-11(7-13-3)12-9(2)10-5-6-14-8-10/h4-6,8H,7H2,1-3H3/b11-4-,12-9?. The molecule has 3 heteroatoms. The van der Waals surface area contributed by atoms with E-state index in [0.717, 1.165) is 11.4 Å². The third-order valence-corrected chi connectivity index (χ3v) is 2.56. The number of thiophene rings is 1. The number of nitrogens with zero attached hydrogens (tertiary/aromatic N) is 1. The SMILES string of the molecule is C/C=C(/COC)N=C(C)c1ccsc1. The van der Waals surface area contributed by atoms with E-state index in [-0.39, 0.29) is 0 Å². The lowest BCUT2D eigenvalue weighted by Gasteiger charge is -2.01. The van der Waals surface area contributed by atoms with E-state index in [9.17, 15) is 0 Å². The largest absolute Gasteiger partial charge is 0.378 e. The molecule has 14 heavy (non-hydrogen) atoms. The Hall–Kier alpha value is -0.930. The molecule has 0 saturated heterocycles. The Morgan fingerprint density at radius 2 is 2.43 bits per heavy atom. The topological polar surface area (TPSA) is 21.6 Å². The van der Waals surface area contributed by atoms with Gasteiger partial charge in [0.2, 0.25) is 0 Å². The van der Waals surface area contributed by atoms with Crippen LogP contribution in [0.4, 0.5) is 0 Å². The summed E-state index contributed by atoms with van der Waals surface area (Å²) in [5, 5.41) is 4.15. The van der Waals surface area contributed by atoms with Crippen molar-refractivity contribution in [1.29, 1.82) is 0 Å². The maximum absolute atomic E-state index is 5.04. The van der Waals surface area contributed by atoms with Gasteiger partial charge in [0, 0.05) is 18.4 Å². The van der Waals surface area contributed by atoms with Crippen molar-refractivity contribution >= 4 is 17.0 Å². The normalized spacial score (nSPS) is 13.4. The summed E-state index contributed by atoms with van der Waals surface area (Å²) in [7, 11) is 1.68. The van der Waals surface area contributed by atoms with Gasteiger partial charge in [0.1, 0.15) is 0 Å². The van der Waals surface area contributed by atoms with E-state index in [1.54, 1.807) is 18.4 Å². The molecule has 2 nitrogen and oxygen atoms in total. The van der Waals surface area contributed by atoms with E-state index < -0.39 is 0 Å². The van der Waals surface area contributed by atoms with Crippen LogP contribution in [-0.4, -0.2) is 19.4 Å². The minimum absolute atomic E-state index is 0.567. The molecule has 0 aromatic carbocycles. The zero-order valence-electron chi connectivity index (χ0n) is 8.78.